The number of carboxylic acid groups (broad SMARTS) is 1. The summed E-state index contributed by atoms with van der Waals surface area (Å²) in [5.41, 5.74) is -0.280. The van der Waals surface area contributed by atoms with Gasteiger partial charge in [-0.15, -0.1) is 0 Å². The summed E-state index contributed by atoms with van der Waals surface area (Å²) in [6, 6.07) is -0.0988. The van der Waals surface area contributed by atoms with Gasteiger partial charge in [0.2, 0.25) is 0 Å². The van der Waals surface area contributed by atoms with Gasteiger partial charge >= 0.3 is 12.0 Å². The van der Waals surface area contributed by atoms with Crippen molar-refractivity contribution in [3.63, 3.8) is 0 Å². The lowest BCUT2D eigenvalue weighted by Gasteiger charge is -2.41. The van der Waals surface area contributed by atoms with Gasteiger partial charge < -0.3 is 15.3 Å². The summed E-state index contributed by atoms with van der Waals surface area (Å²) in [5, 5.41) is 11.9. The zero-order chi connectivity index (χ0) is 14.8. The number of piperidine rings is 1. The van der Waals surface area contributed by atoms with E-state index in [-0.39, 0.29) is 12.6 Å². The Hall–Kier alpha value is -1.26. The molecule has 2 fully saturated rings. The van der Waals surface area contributed by atoms with Gasteiger partial charge in [0.05, 0.1) is 5.41 Å². The molecule has 2 amide bonds. The van der Waals surface area contributed by atoms with Crippen molar-refractivity contribution in [1.82, 2.24) is 10.2 Å². The molecule has 0 aromatic heterocycles. The lowest BCUT2D eigenvalue weighted by molar-refractivity contribution is -0.143. The summed E-state index contributed by atoms with van der Waals surface area (Å²) in [6.45, 7) is 6.29. The first-order valence-electron chi connectivity index (χ1n) is 7.73. The van der Waals surface area contributed by atoms with Crippen molar-refractivity contribution >= 4 is 12.0 Å². The maximum Gasteiger partial charge on any atom is 0.317 e. The fourth-order valence-corrected chi connectivity index (χ4v) is 3.12. The molecule has 0 unspecified atom stereocenters. The first-order chi connectivity index (χ1) is 9.47. The third kappa shape index (κ3) is 2.91. The van der Waals surface area contributed by atoms with Crippen LogP contribution in [-0.2, 0) is 4.79 Å². The molecule has 0 aromatic carbocycles. The monoisotopic (exact) mass is 282 g/mol. The van der Waals surface area contributed by atoms with Gasteiger partial charge in [0.1, 0.15) is 0 Å². The number of aliphatic carboxylic acids is 1. The Morgan fingerprint density at radius 1 is 1.10 bits per heavy atom. The molecule has 1 saturated carbocycles. The van der Waals surface area contributed by atoms with Crippen molar-refractivity contribution in [2.24, 2.45) is 10.8 Å². The molecule has 2 aliphatic rings. The molecule has 0 spiro atoms. The quantitative estimate of drug-likeness (QED) is 0.814. The molecule has 20 heavy (non-hydrogen) atoms. The number of nitrogens with one attached hydrogen (secondary N) is 1. The second-order valence-electron chi connectivity index (χ2n) is 6.44. The summed E-state index contributed by atoms with van der Waals surface area (Å²) < 4.78 is 0. The third-order valence-corrected chi connectivity index (χ3v) is 5.50. The molecule has 0 bridgehead atoms. The number of carbonyl (C=O) groups is 2. The largest absolute Gasteiger partial charge is 0.481 e. The van der Waals surface area contributed by atoms with Crippen LogP contribution in [0.2, 0.25) is 0 Å². The first-order valence-corrected chi connectivity index (χ1v) is 7.73. The highest BCUT2D eigenvalue weighted by atomic mass is 16.4. The molecule has 2 rings (SSSR count). The Balaban J connectivity index is 1.79. The van der Waals surface area contributed by atoms with Crippen LogP contribution in [0.15, 0.2) is 0 Å². The predicted octanol–water partition coefficient (Wildman–Crippen LogP) is 2.46. The molecular formula is C15H26N2O3. The number of likely N-dealkylation sites (tertiary alicyclic amines) is 1. The van der Waals surface area contributed by atoms with Crippen molar-refractivity contribution in [3.8, 4) is 0 Å². The minimum Gasteiger partial charge on any atom is -0.481 e. The van der Waals surface area contributed by atoms with E-state index in [2.05, 4.69) is 19.2 Å². The number of nitrogens with zero attached hydrogens (tertiary/aromatic N) is 1. The zero-order valence-corrected chi connectivity index (χ0v) is 12.6. The average Bonchev–Trinajstić information content (AvgIpc) is 3.26. The molecular weight excluding hydrogens is 256 g/mol. The van der Waals surface area contributed by atoms with Crippen LogP contribution in [0, 0.1) is 10.8 Å². The van der Waals surface area contributed by atoms with Crippen LogP contribution in [0.3, 0.4) is 0 Å². The second-order valence-corrected chi connectivity index (χ2v) is 6.44. The van der Waals surface area contributed by atoms with Crippen molar-refractivity contribution < 1.29 is 14.7 Å². The lowest BCUT2D eigenvalue weighted by Crippen LogP contribution is -2.48. The molecule has 1 aliphatic carbocycles. The van der Waals surface area contributed by atoms with E-state index in [1.807, 2.05) is 4.90 Å². The Kier molecular flexibility index (Phi) is 4.25. The van der Waals surface area contributed by atoms with Crippen molar-refractivity contribution in [3.05, 3.63) is 0 Å². The van der Waals surface area contributed by atoms with E-state index in [4.69, 9.17) is 5.11 Å². The van der Waals surface area contributed by atoms with E-state index in [1.165, 1.54) is 12.8 Å². The number of carboxylic acids is 1. The van der Waals surface area contributed by atoms with Crippen LogP contribution in [0.1, 0.15) is 52.4 Å². The van der Waals surface area contributed by atoms with Crippen LogP contribution >= 0.6 is 0 Å². The topological polar surface area (TPSA) is 69.6 Å². The standard InChI is InChI=1S/C15H26N2O3/c1-3-14(4-2)7-9-17(10-8-14)13(20)16-11-15(5-6-15)12(18)19/h3-11H2,1-2H3,(H,16,20)(H,18,19). The number of rotatable bonds is 5. The minimum atomic E-state index is -0.785. The summed E-state index contributed by atoms with van der Waals surface area (Å²) in [5.74, 6) is -0.785. The average molecular weight is 282 g/mol. The Bertz CT molecular complexity index is 377. The van der Waals surface area contributed by atoms with Gasteiger partial charge in [-0.05, 0) is 31.1 Å². The smallest absolute Gasteiger partial charge is 0.317 e. The van der Waals surface area contributed by atoms with Crippen LogP contribution in [-0.4, -0.2) is 41.6 Å². The zero-order valence-electron chi connectivity index (χ0n) is 12.6. The van der Waals surface area contributed by atoms with Gasteiger partial charge in [0.15, 0.2) is 0 Å². The van der Waals surface area contributed by atoms with Gasteiger partial charge in [-0.2, -0.15) is 0 Å². The number of hydrogen-bond acceptors (Lipinski definition) is 2. The molecule has 0 radical (unpaired) electrons. The van der Waals surface area contributed by atoms with Gasteiger partial charge in [0.25, 0.3) is 0 Å². The second kappa shape index (κ2) is 5.62. The summed E-state index contributed by atoms with van der Waals surface area (Å²) in [7, 11) is 0. The van der Waals surface area contributed by atoms with E-state index in [9.17, 15) is 9.59 Å². The van der Waals surface area contributed by atoms with Crippen molar-refractivity contribution in [2.75, 3.05) is 19.6 Å². The van der Waals surface area contributed by atoms with Gasteiger partial charge in [-0.1, -0.05) is 26.7 Å². The molecule has 1 saturated heterocycles. The van der Waals surface area contributed by atoms with Gasteiger partial charge in [0, 0.05) is 19.6 Å². The van der Waals surface area contributed by atoms with Crippen molar-refractivity contribution in [1.29, 1.82) is 0 Å². The molecule has 5 heteroatoms. The first kappa shape index (κ1) is 15.1. The van der Waals surface area contributed by atoms with Crippen LogP contribution in [0.5, 0.6) is 0 Å². The molecule has 1 aliphatic heterocycles. The summed E-state index contributed by atoms with van der Waals surface area (Å²) in [4.78, 5) is 25.0. The highest BCUT2D eigenvalue weighted by Gasteiger charge is 2.50. The number of amides is 2. The van der Waals surface area contributed by atoms with E-state index in [0.717, 1.165) is 25.9 Å². The summed E-state index contributed by atoms with van der Waals surface area (Å²) in [6.07, 6.45) is 5.80. The fraction of sp³-hybridized carbons (Fsp3) is 0.867. The Morgan fingerprint density at radius 2 is 1.65 bits per heavy atom. The van der Waals surface area contributed by atoms with Crippen molar-refractivity contribution in [2.45, 2.75) is 52.4 Å². The molecule has 114 valence electrons. The molecule has 5 nitrogen and oxygen atoms in total. The highest BCUT2D eigenvalue weighted by molar-refractivity contribution is 5.80. The number of carbonyl (C=O) groups excluding carboxylic acids is 1. The van der Waals surface area contributed by atoms with E-state index in [0.29, 0.717) is 18.3 Å². The molecule has 2 N–H and O–H groups in total. The fourth-order valence-electron chi connectivity index (χ4n) is 3.12. The highest BCUT2D eigenvalue weighted by Crippen LogP contribution is 2.45. The minimum absolute atomic E-state index is 0.0988. The normalized spacial score (nSPS) is 23.2. The predicted molar refractivity (Wildman–Crippen MR) is 76.5 cm³/mol. The SMILES string of the molecule is CCC1(CC)CCN(C(=O)NCC2(C(=O)O)CC2)CC1. The number of urea groups is 1. The Morgan fingerprint density at radius 3 is 2.05 bits per heavy atom. The maximum absolute atomic E-state index is 12.1. The summed E-state index contributed by atoms with van der Waals surface area (Å²) >= 11 is 0. The van der Waals surface area contributed by atoms with Gasteiger partial charge in [-0.25, -0.2) is 4.79 Å². The lowest BCUT2D eigenvalue weighted by atomic mass is 9.74. The van der Waals surface area contributed by atoms with Crippen LogP contribution in [0.25, 0.3) is 0 Å². The van der Waals surface area contributed by atoms with E-state index < -0.39 is 11.4 Å². The Labute approximate surface area is 120 Å². The van der Waals surface area contributed by atoms with Crippen LogP contribution in [0.4, 0.5) is 4.79 Å². The molecule has 0 aromatic rings. The van der Waals surface area contributed by atoms with E-state index in [1.54, 1.807) is 0 Å². The maximum atomic E-state index is 12.1. The van der Waals surface area contributed by atoms with Gasteiger partial charge in [-0.3, -0.25) is 4.79 Å². The number of hydrogen-bond donors (Lipinski definition) is 2. The molecule has 0 atom stereocenters. The van der Waals surface area contributed by atoms with Crippen LogP contribution < -0.4 is 5.32 Å². The third-order valence-electron chi connectivity index (χ3n) is 5.50. The van der Waals surface area contributed by atoms with E-state index >= 15 is 0 Å². The molecule has 1 heterocycles.